The summed E-state index contributed by atoms with van der Waals surface area (Å²) in [6, 6.07) is 13.9. The van der Waals surface area contributed by atoms with Crippen LogP contribution in [0.5, 0.6) is 5.88 Å². The molecule has 0 atom stereocenters. The summed E-state index contributed by atoms with van der Waals surface area (Å²) in [6.07, 6.45) is -0.918. The standard InChI is InChI=1S/C28H18F4N6O2/c1-40-27-22(28(30,31)32)11-20(14-36-27)37-25(39)7-15-2-3-21(23(29)6-15)18-8-17-10-24(38-26(17)35-13-18)16-4-5-34-19(9-16)12-33/h2-6,8-11,13-14H,7H2,1H3,(H,35,38)(H,37,39). The van der Waals surface area contributed by atoms with Gasteiger partial charge in [0.2, 0.25) is 11.8 Å². The van der Waals surface area contributed by atoms with Crippen molar-refractivity contribution in [3.8, 4) is 34.3 Å². The zero-order valence-corrected chi connectivity index (χ0v) is 20.7. The molecule has 5 aromatic rings. The maximum Gasteiger partial charge on any atom is 0.421 e. The third kappa shape index (κ3) is 5.44. The number of ether oxygens (including phenoxy) is 1. The first-order valence-electron chi connectivity index (χ1n) is 11.7. The van der Waals surface area contributed by atoms with Crippen molar-refractivity contribution in [3.05, 3.63) is 89.8 Å². The molecule has 0 radical (unpaired) electrons. The number of H-pyrrole nitrogens is 1. The van der Waals surface area contributed by atoms with Crippen molar-refractivity contribution in [3.63, 3.8) is 0 Å². The Labute approximate surface area is 224 Å². The fraction of sp³-hybridized carbons (Fsp3) is 0.107. The molecule has 0 fully saturated rings. The molecule has 0 aliphatic rings. The number of carbonyl (C=O) groups is 1. The lowest BCUT2D eigenvalue weighted by molar-refractivity contribution is -0.139. The second-order valence-electron chi connectivity index (χ2n) is 8.70. The van der Waals surface area contributed by atoms with E-state index in [2.05, 4.69) is 30.0 Å². The maximum absolute atomic E-state index is 15.1. The number of nitrogens with zero attached hydrogens (tertiary/aromatic N) is 4. The molecule has 0 saturated heterocycles. The number of anilines is 1. The molecule has 0 bridgehead atoms. The first-order chi connectivity index (χ1) is 19.1. The molecular formula is C28H18F4N6O2. The number of nitriles is 1. The van der Waals surface area contributed by atoms with Crippen LogP contribution in [0, 0.1) is 17.1 Å². The first-order valence-corrected chi connectivity index (χ1v) is 11.7. The van der Waals surface area contributed by atoms with Gasteiger partial charge in [-0.15, -0.1) is 0 Å². The second kappa shape index (κ2) is 10.5. The van der Waals surface area contributed by atoms with Crippen molar-refractivity contribution in [2.24, 2.45) is 0 Å². The Morgan fingerprint density at radius 2 is 1.88 bits per heavy atom. The van der Waals surface area contributed by atoms with Gasteiger partial charge < -0.3 is 15.0 Å². The lowest BCUT2D eigenvalue weighted by Gasteiger charge is -2.13. The number of aromatic nitrogens is 4. The number of nitrogens with one attached hydrogen (secondary N) is 2. The molecule has 5 rings (SSSR count). The molecule has 0 spiro atoms. The number of benzene rings is 1. The minimum atomic E-state index is -4.72. The van der Waals surface area contributed by atoms with Crippen LogP contribution in [-0.2, 0) is 17.4 Å². The van der Waals surface area contributed by atoms with Crippen molar-refractivity contribution in [1.82, 2.24) is 19.9 Å². The van der Waals surface area contributed by atoms with E-state index in [9.17, 15) is 18.0 Å². The summed E-state index contributed by atoms with van der Waals surface area (Å²) in [5.74, 6) is -1.86. The van der Waals surface area contributed by atoms with Gasteiger partial charge in [-0.05, 0) is 42.0 Å². The van der Waals surface area contributed by atoms with Gasteiger partial charge in [-0.1, -0.05) is 12.1 Å². The van der Waals surface area contributed by atoms with Gasteiger partial charge in [-0.3, -0.25) is 4.79 Å². The Balaban J connectivity index is 1.33. The number of alkyl halides is 3. The van der Waals surface area contributed by atoms with E-state index >= 15 is 4.39 Å². The topological polar surface area (TPSA) is 117 Å². The highest BCUT2D eigenvalue weighted by Crippen LogP contribution is 2.36. The molecule has 0 aliphatic carbocycles. The molecule has 0 saturated carbocycles. The molecule has 1 aromatic carbocycles. The van der Waals surface area contributed by atoms with Crippen LogP contribution in [0.15, 0.2) is 67.1 Å². The summed E-state index contributed by atoms with van der Waals surface area (Å²) in [4.78, 5) is 27.6. The average Bonchev–Trinajstić information content (AvgIpc) is 3.36. The van der Waals surface area contributed by atoms with Gasteiger partial charge in [-0.2, -0.15) is 18.4 Å². The first kappa shape index (κ1) is 26.3. The summed E-state index contributed by atoms with van der Waals surface area (Å²) in [5, 5.41) is 12.2. The highest BCUT2D eigenvalue weighted by atomic mass is 19.4. The van der Waals surface area contributed by atoms with Crippen LogP contribution in [0.2, 0.25) is 0 Å². The highest BCUT2D eigenvalue weighted by Gasteiger charge is 2.35. The van der Waals surface area contributed by atoms with Gasteiger partial charge in [-0.25, -0.2) is 19.3 Å². The Morgan fingerprint density at radius 1 is 1.05 bits per heavy atom. The molecule has 0 aliphatic heterocycles. The minimum Gasteiger partial charge on any atom is -0.481 e. The number of amides is 1. The Kier molecular flexibility index (Phi) is 6.87. The van der Waals surface area contributed by atoms with Crippen molar-refractivity contribution in [2.75, 3.05) is 12.4 Å². The van der Waals surface area contributed by atoms with Gasteiger partial charge in [0.05, 0.1) is 25.4 Å². The number of pyridine rings is 3. The highest BCUT2D eigenvalue weighted by molar-refractivity contribution is 5.92. The van der Waals surface area contributed by atoms with Crippen molar-refractivity contribution < 1.29 is 27.1 Å². The molecule has 1 amide bonds. The molecule has 2 N–H and O–H groups in total. The summed E-state index contributed by atoms with van der Waals surface area (Å²) < 4.78 is 59.4. The Bertz CT molecular complexity index is 1790. The van der Waals surface area contributed by atoms with E-state index in [4.69, 9.17) is 5.26 Å². The molecule has 4 heterocycles. The van der Waals surface area contributed by atoms with Gasteiger partial charge >= 0.3 is 6.18 Å². The fourth-order valence-corrected chi connectivity index (χ4v) is 4.16. The smallest absolute Gasteiger partial charge is 0.421 e. The van der Waals surface area contributed by atoms with E-state index in [0.29, 0.717) is 16.8 Å². The Hall–Kier alpha value is -5.31. The van der Waals surface area contributed by atoms with Crippen LogP contribution in [0.4, 0.5) is 23.2 Å². The van der Waals surface area contributed by atoms with Gasteiger partial charge in [0.15, 0.2) is 0 Å². The van der Waals surface area contributed by atoms with E-state index in [0.717, 1.165) is 36.0 Å². The molecule has 200 valence electrons. The van der Waals surface area contributed by atoms with E-state index in [1.165, 1.54) is 24.5 Å². The maximum atomic E-state index is 15.1. The summed E-state index contributed by atoms with van der Waals surface area (Å²) in [6.45, 7) is 0. The number of carbonyl (C=O) groups excluding carboxylic acids is 1. The third-order valence-corrected chi connectivity index (χ3v) is 6.00. The van der Waals surface area contributed by atoms with Crippen LogP contribution in [0.3, 0.4) is 0 Å². The number of methoxy groups -OCH3 is 1. The average molecular weight is 546 g/mol. The van der Waals surface area contributed by atoms with E-state index in [1.807, 2.05) is 12.1 Å². The van der Waals surface area contributed by atoms with Gasteiger partial charge in [0, 0.05) is 40.2 Å². The molecule has 0 unspecified atom stereocenters. The predicted molar refractivity (Wildman–Crippen MR) is 138 cm³/mol. The monoisotopic (exact) mass is 546 g/mol. The molecular weight excluding hydrogens is 528 g/mol. The third-order valence-electron chi connectivity index (χ3n) is 6.00. The molecule has 8 nitrogen and oxygen atoms in total. The SMILES string of the molecule is COc1ncc(NC(=O)Cc2ccc(-c3cnc4[nH]c(-c5ccnc(C#N)c5)cc4c3)c(F)c2)cc1C(F)(F)F. The minimum absolute atomic E-state index is 0.170. The molecule has 40 heavy (non-hydrogen) atoms. The van der Waals surface area contributed by atoms with Crippen LogP contribution in [0.1, 0.15) is 16.8 Å². The van der Waals surface area contributed by atoms with Crippen molar-refractivity contribution >= 4 is 22.6 Å². The van der Waals surface area contributed by atoms with E-state index in [-0.39, 0.29) is 23.4 Å². The van der Waals surface area contributed by atoms with Crippen LogP contribution >= 0.6 is 0 Å². The number of fused-ring (bicyclic) bond motifs is 1. The summed E-state index contributed by atoms with van der Waals surface area (Å²) >= 11 is 0. The largest absolute Gasteiger partial charge is 0.481 e. The summed E-state index contributed by atoms with van der Waals surface area (Å²) in [7, 11) is 1.06. The van der Waals surface area contributed by atoms with Crippen molar-refractivity contribution in [1.29, 1.82) is 5.26 Å². The van der Waals surface area contributed by atoms with Crippen LogP contribution in [-0.4, -0.2) is 33.0 Å². The molecule has 12 heteroatoms. The normalized spacial score (nSPS) is 11.3. The lowest BCUT2D eigenvalue weighted by Crippen LogP contribution is -2.16. The zero-order valence-electron chi connectivity index (χ0n) is 20.7. The fourth-order valence-electron chi connectivity index (χ4n) is 4.16. The predicted octanol–water partition coefficient (Wildman–Crippen LogP) is 5.91. The van der Waals surface area contributed by atoms with Gasteiger partial charge in [0.1, 0.15) is 28.8 Å². The Morgan fingerprint density at radius 3 is 2.60 bits per heavy atom. The van der Waals surface area contributed by atoms with Crippen molar-refractivity contribution in [2.45, 2.75) is 12.6 Å². The van der Waals surface area contributed by atoms with Gasteiger partial charge in [0.25, 0.3) is 0 Å². The lowest BCUT2D eigenvalue weighted by atomic mass is 10.0. The number of hydrogen-bond acceptors (Lipinski definition) is 6. The molecule has 4 aromatic heterocycles. The number of rotatable bonds is 6. The zero-order chi connectivity index (χ0) is 28.4. The number of aromatic amines is 1. The second-order valence-corrected chi connectivity index (χ2v) is 8.70. The van der Waals surface area contributed by atoms with Crippen LogP contribution < -0.4 is 10.1 Å². The van der Waals surface area contributed by atoms with Crippen LogP contribution in [0.25, 0.3) is 33.4 Å². The van der Waals surface area contributed by atoms with E-state index in [1.54, 1.807) is 24.3 Å². The number of halogens is 4. The van der Waals surface area contributed by atoms with E-state index < -0.39 is 29.3 Å². The quantitative estimate of drug-likeness (QED) is 0.256. The summed E-state index contributed by atoms with van der Waals surface area (Å²) in [5.41, 5.74) is 2.09. The number of hydrogen-bond donors (Lipinski definition) is 2.